The van der Waals surface area contributed by atoms with Gasteiger partial charge < -0.3 is 4.90 Å². The van der Waals surface area contributed by atoms with Crippen LogP contribution < -0.4 is 0 Å². The molecule has 2 fully saturated rings. The number of amides is 1. The van der Waals surface area contributed by atoms with E-state index < -0.39 is 0 Å². The first-order valence-electron chi connectivity index (χ1n) is 7.11. The molecule has 1 amide bonds. The molecule has 3 rings (SSSR count). The van der Waals surface area contributed by atoms with Gasteiger partial charge in [-0.1, -0.05) is 0 Å². The van der Waals surface area contributed by atoms with Gasteiger partial charge in [0.05, 0.1) is 11.2 Å². The summed E-state index contributed by atoms with van der Waals surface area (Å²) in [6.07, 6.45) is 3.30. The molecule has 0 N–H and O–H groups in total. The molecule has 0 unspecified atom stereocenters. The summed E-state index contributed by atoms with van der Waals surface area (Å²) < 4.78 is 0. The van der Waals surface area contributed by atoms with Crippen molar-refractivity contribution < 1.29 is 4.79 Å². The second-order valence-electron chi connectivity index (χ2n) is 5.67. The summed E-state index contributed by atoms with van der Waals surface area (Å²) in [5.41, 5.74) is 3.04. The second-order valence-corrected chi connectivity index (χ2v) is 6.61. The van der Waals surface area contributed by atoms with E-state index in [-0.39, 0.29) is 0 Å². The van der Waals surface area contributed by atoms with Crippen molar-refractivity contribution in [1.82, 2.24) is 14.8 Å². The third-order valence-corrected chi connectivity index (χ3v) is 4.99. The fourth-order valence-corrected chi connectivity index (χ4v) is 3.37. The highest BCUT2D eigenvalue weighted by Crippen LogP contribution is 2.30. The topological polar surface area (TPSA) is 36.4 Å². The molecule has 4 nitrogen and oxygen atoms in total. The van der Waals surface area contributed by atoms with E-state index in [1.165, 1.54) is 17.7 Å². The molecular formula is C14H21N3OS. The number of aryl methyl sites for hydroxylation is 1. The summed E-state index contributed by atoms with van der Waals surface area (Å²) in [7, 11) is 0. The van der Waals surface area contributed by atoms with Crippen LogP contribution in [0, 0.1) is 12.8 Å². The maximum absolute atomic E-state index is 12.1. The molecule has 104 valence electrons. The van der Waals surface area contributed by atoms with Crippen LogP contribution in [0.4, 0.5) is 0 Å². The highest BCUT2D eigenvalue weighted by atomic mass is 32.1. The SMILES string of the molecule is Cc1ncsc1CN1CCC(=O)N(CC2CC2)CC1. The summed E-state index contributed by atoms with van der Waals surface area (Å²) in [6.45, 7) is 6.78. The molecule has 1 saturated heterocycles. The zero-order valence-electron chi connectivity index (χ0n) is 11.5. The van der Waals surface area contributed by atoms with E-state index in [0.29, 0.717) is 12.3 Å². The number of hydrogen-bond acceptors (Lipinski definition) is 4. The highest BCUT2D eigenvalue weighted by molar-refractivity contribution is 7.09. The third-order valence-electron chi connectivity index (χ3n) is 4.07. The Labute approximate surface area is 118 Å². The lowest BCUT2D eigenvalue weighted by Crippen LogP contribution is -2.34. The third kappa shape index (κ3) is 3.34. The minimum Gasteiger partial charge on any atom is -0.341 e. The summed E-state index contributed by atoms with van der Waals surface area (Å²) in [5, 5.41) is 0. The lowest BCUT2D eigenvalue weighted by Gasteiger charge is -2.21. The lowest BCUT2D eigenvalue weighted by atomic mass is 10.3. The van der Waals surface area contributed by atoms with Gasteiger partial charge in [-0.2, -0.15) is 0 Å². The first-order valence-corrected chi connectivity index (χ1v) is 7.99. The summed E-state index contributed by atoms with van der Waals surface area (Å²) in [4.78, 5) is 22.2. The summed E-state index contributed by atoms with van der Waals surface area (Å²) in [6, 6.07) is 0. The van der Waals surface area contributed by atoms with Crippen molar-refractivity contribution in [3.05, 3.63) is 16.1 Å². The zero-order chi connectivity index (χ0) is 13.2. The monoisotopic (exact) mass is 279 g/mol. The molecule has 2 aliphatic rings. The molecule has 0 radical (unpaired) electrons. The number of rotatable bonds is 4. The molecule has 0 bridgehead atoms. The van der Waals surface area contributed by atoms with Gasteiger partial charge in [0.25, 0.3) is 0 Å². The van der Waals surface area contributed by atoms with Crippen LogP contribution in [-0.4, -0.2) is 46.9 Å². The first kappa shape index (κ1) is 13.1. The van der Waals surface area contributed by atoms with E-state index in [2.05, 4.69) is 21.7 Å². The Morgan fingerprint density at radius 1 is 1.37 bits per heavy atom. The Morgan fingerprint density at radius 2 is 2.21 bits per heavy atom. The van der Waals surface area contributed by atoms with Crippen molar-refractivity contribution in [2.75, 3.05) is 26.2 Å². The van der Waals surface area contributed by atoms with Gasteiger partial charge in [-0.05, 0) is 25.7 Å². The Balaban J connectivity index is 1.57. The van der Waals surface area contributed by atoms with Gasteiger partial charge in [0.15, 0.2) is 0 Å². The van der Waals surface area contributed by atoms with Crippen molar-refractivity contribution in [2.45, 2.75) is 32.7 Å². The van der Waals surface area contributed by atoms with Crippen molar-refractivity contribution in [3.63, 3.8) is 0 Å². The van der Waals surface area contributed by atoms with E-state index in [4.69, 9.17) is 0 Å². The van der Waals surface area contributed by atoms with E-state index in [0.717, 1.165) is 44.3 Å². The van der Waals surface area contributed by atoms with Crippen LogP contribution in [0.1, 0.15) is 29.8 Å². The molecule has 1 aromatic heterocycles. The van der Waals surface area contributed by atoms with Crippen molar-refractivity contribution in [1.29, 1.82) is 0 Å². The molecule has 1 aromatic rings. The summed E-state index contributed by atoms with van der Waals surface area (Å²) >= 11 is 1.72. The number of hydrogen-bond donors (Lipinski definition) is 0. The van der Waals surface area contributed by atoms with Gasteiger partial charge in [0.1, 0.15) is 0 Å². The fraction of sp³-hybridized carbons (Fsp3) is 0.714. The average Bonchev–Trinajstić information content (AvgIpc) is 3.15. The number of aromatic nitrogens is 1. The van der Waals surface area contributed by atoms with Crippen molar-refractivity contribution in [3.8, 4) is 0 Å². The van der Waals surface area contributed by atoms with Gasteiger partial charge >= 0.3 is 0 Å². The van der Waals surface area contributed by atoms with E-state index in [1.807, 2.05) is 5.51 Å². The highest BCUT2D eigenvalue weighted by Gasteiger charge is 2.28. The minimum absolute atomic E-state index is 0.343. The quantitative estimate of drug-likeness (QED) is 0.844. The van der Waals surface area contributed by atoms with Crippen LogP contribution in [0.15, 0.2) is 5.51 Å². The van der Waals surface area contributed by atoms with Crippen LogP contribution in [0.3, 0.4) is 0 Å². The smallest absolute Gasteiger partial charge is 0.223 e. The van der Waals surface area contributed by atoms with Gasteiger partial charge in [-0.15, -0.1) is 11.3 Å². The van der Waals surface area contributed by atoms with E-state index in [1.54, 1.807) is 11.3 Å². The predicted molar refractivity (Wildman–Crippen MR) is 76.0 cm³/mol. The van der Waals surface area contributed by atoms with Crippen LogP contribution in [0.2, 0.25) is 0 Å². The minimum atomic E-state index is 0.343. The Morgan fingerprint density at radius 3 is 2.89 bits per heavy atom. The van der Waals surface area contributed by atoms with Crippen LogP contribution >= 0.6 is 11.3 Å². The van der Waals surface area contributed by atoms with Crippen molar-refractivity contribution >= 4 is 17.2 Å². The number of carbonyl (C=O) groups excluding carboxylic acids is 1. The van der Waals surface area contributed by atoms with E-state index >= 15 is 0 Å². The van der Waals surface area contributed by atoms with Crippen molar-refractivity contribution in [2.24, 2.45) is 5.92 Å². The number of carbonyl (C=O) groups is 1. The lowest BCUT2D eigenvalue weighted by molar-refractivity contribution is -0.130. The molecule has 1 saturated carbocycles. The van der Waals surface area contributed by atoms with Gasteiger partial charge in [-0.25, -0.2) is 4.98 Å². The van der Waals surface area contributed by atoms with Crippen LogP contribution in [-0.2, 0) is 11.3 Å². The molecule has 19 heavy (non-hydrogen) atoms. The first-order chi connectivity index (χ1) is 9.22. The number of thiazole rings is 1. The predicted octanol–water partition coefficient (Wildman–Crippen LogP) is 1.90. The van der Waals surface area contributed by atoms with Crippen LogP contribution in [0.25, 0.3) is 0 Å². The molecular weight excluding hydrogens is 258 g/mol. The Hall–Kier alpha value is -0.940. The fourth-order valence-electron chi connectivity index (χ4n) is 2.55. The molecule has 1 aliphatic carbocycles. The largest absolute Gasteiger partial charge is 0.341 e. The molecule has 2 heterocycles. The Bertz CT molecular complexity index is 455. The van der Waals surface area contributed by atoms with Gasteiger partial charge in [0, 0.05) is 44.0 Å². The maximum Gasteiger partial charge on any atom is 0.223 e. The normalized spacial score (nSPS) is 21.7. The standard InChI is InChI=1S/C14H21N3OS/c1-11-13(19-10-15-11)9-16-5-4-14(18)17(7-6-16)8-12-2-3-12/h10,12H,2-9H2,1H3. The zero-order valence-corrected chi connectivity index (χ0v) is 12.3. The maximum atomic E-state index is 12.1. The molecule has 0 atom stereocenters. The second kappa shape index (κ2) is 5.59. The molecule has 0 aromatic carbocycles. The molecule has 5 heteroatoms. The Kier molecular flexibility index (Phi) is 3.84. The van der Waals surface area contributed by atoms with Gasteiger partial charge in [-0.3, -0.25) is 9.69 Å². The van der Waals surface area contributed by atoms with Gasteiger partial charge in [0.2, 0.25) is 5.91 Å². The summed E-state index contributed by atoms with van der Waals surface area (Å²) in [5.74, 6) is 1.13. The number of nitrogens with zero attached hydrogens (tertiary/aromatic N) is 3. The molecule has 0 spiro atoms. The van der Waals surface area contributed by atoms with E-state index in [9.17, 15) is 4.79 Å². The molecule has 1 aliphatic heterocycles. The average molecular weight is 279 g/mol. The van der Waals surface area contributed by atoms with Crippen LogP contribution in [0.5, 0.6) is 0 Å².